The van der Waals surface area contributed by atoms with Gasteiger partial charge in [0.15, 0.2) is 5.41 Å². The number of hydrogen-bond donors (Lipinski definition) is 0. The fraction of sp³-hybridized carbons (Fsp3) is 0.600. The molecule has 130 valence electrons. The van der Waals surface area contributed by atoms with Gasteiger partial charge in [0.2, 0.25) is 0 Å². The Morgan fingerprint density at radius 2 is 1.00 bits per heavy atom. The number of ether oxygens (including phenoxy) is 3. The van der Waals surface area contributed by atoms with Crippen LogP contribution in [0.25, 0.3) is 0 Å². The quantitative estimate of drug-likeness (QED) is 0.379. The van der Waals surface area contributed by atoms with E-state index in [4.69, 9.17) is 14.2 Å². The molecule has 0 aliphatic carbocycles. The predicted octanol–water partition coefficient (Wildman–Crippen LogP) is 3.11. The Morgan fingerprint density at radius 1 is 0.739 bits per heavy atom. The molecule has 0 radical (unpaired) electrons. The lowest BCUT2D eigenvalue weighted by Gasteiger charge is -2.25. The highest BCUT2D eigenvalue weighted by Crippen LogP contribution is 2.20. The maximum atomic E-state index is 12.5. The summed E-state index contributed by atoms with van der Waals surface area (Å²) in [6.07, 6.45) is -1.10. The van der Waals surface area contributed by atoms with E-state index < -0.39 is 48.6 Å². The largest absolute Gasteiger partial charge is 0.501 e. The van der Waals surface area contributed by atoms with E-state index >= 15 is 0 Å². The molecule has 0 aromatic rings. The van der Waals surface area contributed by atoms with Crippen molar-refractivity contribution in [3.63, 3.8) is 0 Å². The molecule has 7 nitrogen and oxygen atoms in total. The standard InChI is InChI=1S/C15H24O7Si/c1-8-12(16)23(13(17)20-9(2)3,14(18)21-10(4)5)15(19)22-11(6)7/h8-11H,1H2,2-7H3. The lowest BCUT2D eigenvalue weighted by molar-refractivity contribution is -0.108. The number of carbonyl (C=O) groups is 4. The molecule has 0 fully saturated rings. The van der Waals surface area contributed by atoms with Crippen molar-refractivity contribution in [3.05, 3.63) is 12.7 Å². The van der Waals surface area contributed by atoms with Crippen molar-refractivity contribution < 1.29 is 33.4 Å². The fourth-order valence-corrected chi connectivity index (χ4v) is 4.26. The van der Waals surface area contributed by atoms with Crippen molar-refractivity contribution in [1.29, 1.82) is 0 Å². The molecule has 0 aliphatic rings. The lowest BCUT2D eigenvalue weighted by atomic mass is 10.5. The fourth-order valence-electron chi connectivity index (χ4n) is 1.61. The van der Waals surface area contributed by atoms with Gasteiger partial charge < -0.3 is 14.2 Å². The molecule has 0 N–H and O–H groups in total. The highest BCUT2D eigenvalue weighted by molar-refractivity contribution is 7.53. The minimum Gasteiger partial charge on any atom is -0.466 e. The van der Waals surface area contributed by atoms with E-state index in [1.165, 1.54) is 41.5 Å². The topological polar surface area (TPSA) is 96.0 Å². The first-order valence-electron chi connectivity index (χ1n) is 7.30. The molecule has 0 aromatic heterocycles. The molecular weight excluding hydrogens is 320 g/mol. The highest BCUT2D eigenvalue weighted by Gasteiger charge is 2.68. The molecule has 0 bridgehead atoms. The molecule has 23 heavy (non-hydrogen) atoms. The van der Waals surface area contributed by atoms with Gasteiger partial charge in [0.05, 0.1) is 18.3 Å². The van der Waals surface area contributed by atoms with Gasteiger partial charge in [-0.2, -0.15) is 0 Å². The van der Waals surface area contributed by atoms with Crippen LogP contribution in [0.1, 0.15) is 41.5 Å². The highest BCUT2D eigenvalue weighted by atomic mass is 28.3. The zero-order valence-electron chi connectivity index (χ0n) is 14.4. The molecule has 0 unspecified atom stereocenters. The van der Waals surface area contributed by atoms with Crippen LogP contribution >= 0.6 is 0 Å². The monoisotopic (exact) mass is 344 g/mol. The van der Waals surface area contributed by atoms with Crippen LogP contribution in [0.2, 0.25) is 0 Å². The summed E-state index contributed by atoms with van der Waals surface area (Å²) >= 11 is 0. The Balaban J connectivity index is 6.17. The van der Waals surface area contributed by atoms with E-state index in [9.17, 15) is 19.2 Å². The first-order chi connectivity index (χ1) is 10.5. The molecule has 0 rings (SSSR count). The molecular formula is C15H24O7Si. The van der Waals surface area contributed by atoms with Crippen LogP contribution in [0.5, 0.6) is 0 Å². The Kier molecular flexibility index (Phi) is 7.88. The third-order valence-electron chi connectivity index (χ3n) is 2.50. The summed E-state index contributed by atoms with van der Waals surface area (Å²) in [5.74, 6) is 0. The number of hydrogen-bond acceptors (Lipinski definition) is 7. The third-order valence-corrected chi connectivity index (χ3v) is 5.64. The summed E-state index contributed by atoms with van der Waals surface area (Å²) in [5, 5.41) is -1.01. The summed E-state index contributed by atoms with van der Waals surface area (Å²) in [6.45, 7) is 12.5. The molecule has 0 aliphatic heterocycles. The number of rotatable bonds is 8. The lowest BCUT2D eigenvalue weighted by Crippen LogP contribution is -2.66. The molecule has 0 saturated heterocycles. The second-order valence-electron chi connectivity index (χ2n) is 5.68. The van der Waals surface area contributed by atoms with Crippen molar-refractivity contribution in [3.8, 4) is 0 Å². The normalized spacial score (nSPS) is 11.3. The summed E-state index contributed by atoms with van der Waals surface area (Å²) < 4.78 is 15.0. The van der Waals surface area contributed by atoms with Gasteiger partial charge >= 0.3 is 24.9 Å². The number of allylic oxidation sites excluding steroid dienone is 1. The van der Waals surface area contributed by atoms with Crippen molar-refractivity contribution in [2.45, 2.75) is 59.9 Å². The van der Waals surface area contributed by atoms with Gasteiger partial charge in [0.1, 0.15) is 0 Å². The average molecular weight is 344 g/mol. The van der Waals surface area contributed by atoms with Gasteiger partial charge in [-0.3, -0.25) is 19.2 Å². The van der Waals surface area contributed by atoms with Gasteiger partial charge in [-0.1, -0.05) is 6.58 Å². The minimum atomic E-state index is -4.74. The van der Waals surface area contributed by atoms with E-state index in [1.807, 2.05) is 0 Å². The molecule has 0 spiro atoms. The van der Waals surface area contributed by atoms with Gasteiger partial charge in [-0.15, -0.1) is 0 Å². The van der Waals surface area contributed by atoms with Crippen molar-refractivity contribution in [2.24, 2.45) is 0 Å². The molecule has 0 aromatic carbocycles. The van der Waals surface area contributed by atoms with Gasteiger partial charge in [-0.05, 0) is 47.6 Å². The van der Waals surface area contributed by atoms with E-state index in [-0.39, 0.29) is 0 Å². The predicted molar refractivity (Wildman–Crippen MR) is 85.8 cm³/mol. The summed E-state index contributed by atoms with van der Waals surface area (Å²) in [5.41, 5.74) is -3.60. The van der Waals surface area contributed by atoms with Crippen LogP contribution in [0.15, 0.2) is 12.7 Å². The average Bonchev–Trinajstić information content (AvgIpc) is 2.36. The molecule has 0 amide bonds. The Bertz CT molecular complexity index is 439. The van der Waals surface area contributed by atoms with Crippen LogP contribution in [0.3, 0.4) is 0 Å². The smallest absolute Gasteiger partial charge is 0.466 e. The van der Waals surface area contributed by atoms with Crippen LogP contribution in [-0.4, -0.2) is 48.6 Å². The molecule has 8 heteroatoms. The summed E-state index contributed by atoms with van der Waals surface area (Å²) in [4.78, 5) is 49.8. The van der Waals surface area contributed by atoms with Crippen LogP contribution < -0.4 is 0 Å². The van der Waals surface area contributed by atoms with E-state index in [2.05, 4.69) is 6.58 Å². The van der Waals surface area contributed by atoms with Gasteiger partial charge in [0.25, 0.3) is 0 Å². The van der Waals surface area contributed by atoms with Crippen molar-refractivity contribution >= 4 is 30.3 Å². The first-order valence-corrected chi connectivity index (χ1v) is 9.30. The van der Waals surface area contributed by atoms with Crippen LogP contribution in [0, 0.1) is 0 Å². The van der Waals surface area contributed by atoms with Gasteiger partial charge in [0, 0.05) is 0 Å². The molecule has 0 atom stereocenters. The van der Waals surface area contributed by atoms with Crippen molar-refractivity contribution in [2.75, 3.05) is 0 Å². The van der Waals surface area contributed by atoms with Gasteiger partial charge in [-0.25, -0.2) is 0 Å². The third kappa shape index (κ3) is 5.02. The Hall–Kier alpha value is -1.96. The summed E-state index contributed by atoms with van der Waals surface area (Å²) in [6, 6.07) is 0. The zero-order valence-corrected chi connectivity index (χ0v) is 15.4. The first kappa shape index (κ1) is 21.0. The minimum absolute atomic E-state index is 0.620. The van der Waals surface area contributed by atoms with Crippen molar-refractivity contribution in [1.82, 2.24) is 0 Å². The molecule has 0 heterocycles. The zero-order chi connectivity index (χ0) is 18.4. The summed E-state index contributed by atoms with van der Waals surface area (Å²) in [7, 11) is -4.74. The van der Waals surface area contributed by atoms with Crippen LogP contribution in [-0.2, 0) is 19.0 Å². The maximum Gasteiger partial charge on any atom is 0.501 e. The van der Waals surface area contributed by atoms with E-state index in [1.54, 1.807) is 0 Å². The van der Waals surface area contributed by atoms with E-state index in [0.29, 0.717) is 0 Å². The second kappa shape index (κ2) is 8.61. The Labute approximate surface area is 137 Å². The maximum absolute atomic E-state index is 12.5. The molecule has 0 saturated carbocycles. The SMILES string of the molecule is C=CC(=O)[Si](C(=O)OC(C)C)(C(=O)OC(C)C)C(=O)OC(C)C. The Morgan fingerprint density at radius 3 is 1.17 bits per heavy atom. The number of carbonyl (C=O) groups excluding carboxylic acids is 4. The van der Waals surface area contributed by atoms with E-state index in [0.717, 1.165) is 6.08 Å². The second-order valence-corrected chi connectivity index (χ2v) is 8.90. The van der Waals surface area contributed by atoms with Crippen LogP contribution in [0.4, 0.5) is 14.4 Å².